The average molecular weight is 278 g/mol. The van der Waals surface area contributed by atoms with E-state index >= 15 is 0 Å². The van der Waals surface area contributed by atoms with Gasteiger partial charge in [0.25, 0.3) is 0 Å². The van der Waals surface area contributed by atoms with Crippen molar-refractivity contribution in [1.29, 1.82) is 0 Å². The first kappa shape index (κ1) is 17.5. The predicted octanol–water partition coefficient (Wildman–Crippen LogP) is 3.14. The van der Waals surface area contributed by atoms with Gasteiger partial charge in [0.2, 0.25) is 7.37 Å². The Morgan fingerprint density at radius 2 is 1.61 bits per heavy atom. The zero-order chi connectivity index (χ0) is 13.9. The highest BCUT2D eigenvalue weighted by molar-refractivity contribution is 7.58. The van der Waals surface area contributed by atoms with Gasteiger partial charge in [0, 0.05) is 6.16 Å². The van der Waals surface area contributed by atoms with Crippen LogP contribution in [0.3, 0.4) is 0 Å². The Kier molecular flexibility index (Phi) is 10.1. The van der Waals surface area contributed by atoms with E-state index in [0.29, 0.717) is 0 Å². The number of unbranched alkanes of at least 4 members (excludes halogenated alkanes) is 7. The van der Waals surface area contributed by atoms with E-state index in [9.17, 15) is 9.46 Å². The highest BCUT2D eigenvalue weighted by atomic mass is 31.2. The number of hydrogen-bond acceptors (Lipinski definition) is 3. The Hall–Kier alpha value is -0.540. The Labute approximate surface area is 110 Å². The largest absolute Gasteiger partial charge is 0.409 e. The molecule has 108 valence electrons. The van der Waals surface area contributed by atoms with Crippen molar-refractivity contribution in [3.8, 4) is 0 Å². The third kappa shape index (κ3) is 10.6. The number of rotatable bonds is 11. The number of nitrogens with two attached hydrogens (primary N) is 1. The number of amidine groups is 1. The monoisotopic (exact) mass is 278 g/mol. The van der Waals surface area contributed by atoms with Gasteiger partial charge >= 0.3 is 0 Å². The summed E-state index contributed by atoms with van der Waals surface area (Å²) in [6, 6.07) is 0. The Bertz CT molecular complexity index is 282. The molecule has 0 amide bonds. The van der Waals surface area contributed by atoms with Crippen molar-refractivity contribution < 1.29 is 14.7 Å². The molecule has 0 bridgehead atoms. The summed E-state index contributed by atoms with van der Waals surface area (Å²) in [5, 5.41) is 11.1. The lowest BCUT2D eigenvalue weighted by Crippen LogP contribution is -2.17. The summed E-state index contributed by atoms with van der Waals surface area (Å²) in [5.74, 6) is -0.166. The Morgan fingerprint density at radius 3 is 2.11 bits per heavy atom. The molecule has 4 N–H and O–H groups in total. The van der Waals surface area contributed by atoms with Crippen LogP contribution in [0.4, 0.5) is 0 Å². The second kappa shape index (κ2) is 10.4. The Balaban J connectivity index is 3.50. The zero-order valence-corrected chi connectivity index (χ0v) is 12.2. The topological polar surface area (TPSA) is 95.9 Å². The summed E-state index contributed by atoms with van der Waals surface area (Å²) in [4.78, 5) is 9.57. The predicted molar refractivity (Wildman–Crippen MR) is 75.6 cm³/mol. The maximum atomic E-state index is 11.6. The van der Waals surface area contributed by atoms with Gasteiger partial charge in [0.1, 0.15) is 5.84 Å². The molecule has 0 aromatic heterocycles. The van der Waals surface area contributed by atoms with Crippen LogP contribution in [0.25, 0.3) is 0 Å². The van der Waals surface area contributed by atoms with Crippen molar-refractivity contribution in [2.24, 2.45) is 10.9 Å². The number of nitrogens with zero attached hydrogens (tertiary/aromatic N) is 1. The summed E-state index contributed by atoms with van der Waals surface area (Å²) in [7, 11) is -3.25. The lowest BCUT2D eigenvalue weighted by molar-refractivity contribution is 0.318. The summed E-state index contributed by atoms with van der Waals surface area (Å²) in [5.41, 5.74) is 5.23. The van der Waals surface area contributed by atoms with Crippen LogP contribution in [0.5, 0.6) is 0 Å². The smallest absolute Gasteiger partial charge is 0.208 e. The average Bonchev–Trinajstić information content (AvgIpc) is 2.31. The van der Waals surface area contributed by atoms with Crippen LogP contribution in [0.1, 0.15) is 58.3 Å². The van der Waals surface area contributed by atoms with Crippen LogP contribution in [0.15, 0.2) is 5.16 Å². The molecule has 0 spiro atoms. The molecule has 0 aliphatic carbocycles. The van der Waals surface area contributed by atoms with E-state index in [1.807, 2.05) is 0 Å². The zero-order valence-electron chi connectivity index (χ0n) is 11.3. The summed E-state index contributed by atoms with van der Waals surface area (Å²) in [6.07, 6.45) is 9.19. The molecule has 0 aromatic carbocycles. The molecule has 5 nitrogen and oxygen atoms in total. The van der Waals surface area contributed by atoms with E-state index in [1.54, 1.807) is 0 Å². The van der Waals surface area contributed by atoms with E-state index < -0.39 is 7.37 Å². The number of hydrogen-bond donors (Lipinski definition) is 3. The van der Waals surface area contributed by atoms with E-state index in [4.69, 9.17) is 10.9 Å². The molecule has 0 aliphatic rings. The van der Waals surface area contributed by atoms with E-state index in [2.05, 4.69) is 12.1 Å². The molecule has 0 radical (unpaired) electrons. The quantitative estimate of drug-likeness (QED) is 0.135. The molecule has 0 saturated carbocycles. The molecular weight excluding hydrogens is 251 g/mol. The molecule has 0 aliphatic heterocycles. The van der Waals surface area contributed by atoms with Crippen molar-refractivity contribution in [3.05, 3.63) is 0 Å². The molecule has 0 heterocycles. The van der Waals surface area contributed by atoms with Crippen molar-refractivity contribution >= 4 is 13.2 Å². The third-order valence-corrected chi connectivity index (χ3v) is 4.73. The maximum absolute atomic E-state index is 11.6. The maximum Gasteiger partial charge on any atom is 0.208 e. The van der Waals surface area contributed by atoms with Gasteiger partial charge in [-0.1, -0.05) is 57.0 Å². The molecule has 0 fully saturated rings. The fourth-order valence-electron chi connectivity index (χ4n) is 1.86. The molecular formula is C12H27N2O3P. The molecule has 0 saturated heterocycles. The molecule has 6 heteroatoms. The van der Waals surface area contributed by atoms with Gasteiger partial charge in [0.05, 0.1) is 6.16 Å². The minimum absolute atomic E-state index is 0.166. The second-order valence-corrected chi connectivity index (χ2v) is 7.25. The normalized spacial score (nSPS) is 15.6. The van der Waals surface area contributed by atoms with Crippen molar-refractivity contribution in [3.63, 3.8) is 0 Å². The fraction of sp³-hybridized carbons (Fsp3) is 0.917. The van der Waals surface area contributed by atoms with Crippen molar-refractivity contribution in [2.45, 2.75) is 58.3 Å². The first-order valence-corrected chi connectivity index (χ1v) is 8.82. The van der Waals surface area contributed by atoms with Gasteiger partial charge in [-0.25, -0.2) is 0 Å². The molecule has 18 heavy (non-hydrogen) atoms. The molecule has 0 rings (SSSR count). The van der Waals surface area contributed by atoms with Gasteiger partial charge < -0.3 is 15.8 Å². The molecule has 1 unspecified atom stereocenters. The fourth-order valence-corrected chi connectivity index (χ4v) is 3.30. The van der Waals surface area contributed by atoms with Gasteiger partial charge in [-0.2, -0.15) is 0 Å². The van der Waals surface area contributed by atoms with E-state index in [1.165, 1.54) is 32.1 Å². The highest BCUT2D eigenvalue weighted by Gasteiger charge is 2.19. The van der Waals surface area contributed by atoms with Gasteiger partial charge in [0.15, 0.2) is 0 Å². The minimum atomic E-state index is -3.25. The van der Waals surface area contributed by atoms with Crippen LogP contribution in [0, 0.1) is 0 Å². The van der Waals surface area contributed by atoms with Crippen molar-refractivity contribution in [1.82, 2.24) is 0 Å². The van der Waals surface area contributed by atoms with E-state index in [0.717, 1.165) is 19.3 Å². The lowest BCUT2D eigenvalue weighted by atomic mass is 10.1. The summed E-state index contributed by atoms with van der Waals surface area (Å²) in [6.45, 7) is 2.19. The summed E-state index contributed by atoms with van der Waals surface area (Å²) >= 11 is 0. The van der Waals surface area contributed by atoms with Crippen LogP contribution in [0.2, 0.25) is 0 Å². The van der Waals surface area contributed by atoms with Gasteiger partial charge in [-0.05, 0) is 6.42 Å². The van der Waals surface area contributed by atoms with Crippen LogP contribution in [-0.2, 0) is 4.57 Å². The highest BCUT2D eigenvalue weighted by Crippen LogP contribution is 2.41. The van der Waals surface area contributed by atoms with Crippen LogP contribution in [-0.4, -0.2) is 28.3 Å². The molecule has 1 atom stereocenters. The van der Waals surface area contributed by atoms with Gasteiger partial charge in [-0.3, -0.25) is 4.57 Å². The first-order valence-electron chi connectivity index (χ1n) is 6.79. The van der Waals surface area contributed by atoms with Crippen molar-refractivity contribution in [2.75, 3.05) is 12.3 Å². The lowest BCUT2D eigenvalue weighted by Gasteiger charge is -2.10. The molecule has 0 aromatic rings. The SMILES string of the molecule is CCCCCCCCCCP(=O)(O)CC(N)=NO. The summed E-state index contributed by atoms with van der Waals surface area (Å²) < 4.78 is 11.6. The number of oxime groups is 1. The van der Waals surface area contributed by atoms with Crippen LogP contribution < -0.4 is 5.73 Å². The second-order valence-electron chi connectivity index (χ2n) is 4.79. The van der Waals surface area contributed by atoms with Gasteiger partial charge in [-0.15, -0.1) is 0 Å². The van der Waals surface area contributed by atoms with E-state index in [-0.39, 0.29) is 18.2 Å². The first-order chi connectivity index (χ1) is 8.52. The third-order valence-electron chi connectivity index (χ3n) is 2.90. The minimum Gasteiger partial charge on any atom is -0.409 e. The van der Waals surface area contributed by atoms with Crippen LogP contribution >= 0.6 is 7.37 Å². The Morgan fingerprint density at radius 1 is 1.11 bits per heavy atom. The standard InChI is InChI=1S/C12H27N2O3P/c1-2-3-4-5-6-7-8-9-10-18(16,17)11-12(13)14-15/h15H,2-11H2,1H3,(H2,13,14)(H,16,17).